The molecule has 22 heavy (non-hydrogen) atoms. The summed E-state index contributed by atoms with van der Waals surface area (Å²) in [6.45, 7) is 0.630. The van der Waals surface area contributed by atoms with Crippen LogP contribution in [-0.4, -0.2) is 19.5 Å². The third kappa shape index (κ3) is 2.32. The molecule has 112 valence electrons. The highest BCUT2D eigenvalue weighted by atomic mass is 16.1. The zero-order valence-corrected chi connectivity index (χ0v) is 12.3. The van der Waals surface area contributed by atoms with E-state index < -0.39 is 0 Å². The van der Waals surface area contributed by atoms with Gasteiger partial charge in [-0.05, 0) is 18.4 Å². The number of aromatic nitrogens is 4. The van der Waals surface area contributed by atoms with E-state index in [1.165, 1.54) is 12.8 Å². The maximum Gasteiger partial charge on any atom is 0.277 e. The van der Waals surface area contributed by atoms with Gasteiger partial charge in [0.25, 0.3) is 5.56 Å². The Morgan fingerprint density at radius 2 is 1.95 bits per heavy atom. The molecule has 0 saturated heterocycles. The monoisotopic (exact) mass is 294 g/mol. The fourth-order valence-corrected chi connectivity index (χ4v) is 3.30. The molecular weight excluding hydrogens is 276 g/mol. The molecule has 5 heteroatoms. The molecule has 1 aromatic carbocycles. The van der Waals surface area contributed by atoms with Gasteiger partial charge in [0.15, 0.2) is 11.2 Å². The van der Waals surface area contributed by atoms with Crippen molar-refractivity contribution in [1.29, 1.82) is 0 Å². The molecule has 0 atom stereocenters. The Kier molecular flexibility index (Phi) is 3.25. The van der Waals surface area contributed by atoms with Crippen molar-refractivity contribution in [2.24, 2.45) is 0 Å². The number of benzene rings is 1. The molecule has 2 heterocycles. The van der Waals surface area contributed by atoms with E-state index in [0.717, 1.165) is 24.2 Å². The number of nitrogens with one attached hydrogen (secondary N) is 1. The predicted molar refractivity (Wildman–Crippen MR) is 84.9 cm³/mol. The second-order valence-electron chi connectivity index (χ2n) is 5.96. The topological polar surface area (TPSA) is 63.6 Å². The van der Waals surface area contributed by atoms with Gasteiger partial charge in [-0.3, -0.25) is 4.79 Å². The van der Waals surface area contributed by atoms with E-state index in [1.807, 2.05) is 34.9 Å². The molecule has 2 aromatic heterocycles. The average molecular weight is 294 g/mol. The normalized spacial score (nSPS) is 15.6. The summed E-state index contributed by atoms with van der Waals surface area (Å²) >= 11 is 0. The highest BCUT2D eigenvalue weighted by Crippen LogP contribution is 2.31. The second kappa shape index (κ2) is 5.40. The quantitative estimate of drug-likeness (QED) is 0.808. The molecule has 0 radical (unpaired) electrons. The molecule has 0 bridgehead atoms. The summed E-state index contributed by atoms with van der Waals surface area (Å²) < 4.78 is 1.87. The van der Waals surface area contributed by atoms with Crippen LogP contribution in [0.4, 0.5) is 0 Å². The van der Waals surface area contributed by atoms with Gasteiger partial charge in [-0.15, -0.1) is 0 Å². The summed E-state index contributed by atoms with van der Waals surface area (Å²) in [5, 5.41) is 0. The Labute approximate surface area is 128 Å². The minimum atomic E-state index is -0.0830. The van der Waals surface area contributed by atoms with Crippen LogP contribution in [-0.2, 0) is 6.54 Å². The first-order chi connectivity index (χ1) is 10.8. The van der Waals surface area contributed by atoms with Crippen LogP contribution in [0, 0.1) is 0 Å². The Morgan fingerprint density at radius 3 is 2.73 bits per heavy atom. The van der Waals surface area contributed by atoms with E-state index in [0.29, 0.717) is 23.6 Å². The molecule has 1 aliphatic rings. The number of imidazole rings is 1. The minimum absolute atomic E-state index is 0.0830. The Balaban J connectivity index is 1.74. The van der Waals surface area contributed by atoms with Gasteiger partial charge in [0, 0.05) is 12.5 Å². The van der Waals surface area contributed by atoms with Crippen LogP contribution < -0.4 is 5.56 Å². The molecule has 0 aliphatic heterocycles. The van der Waals surface area contributed by atoms with Gasteiger partial charge in [0.05, 0.1) is 6.33 Å². The Hall–Kier alpha value is -2.43. The van der Waals surface area contributed by atoms with Crippen molar-refractivity contribution in [3.8, 4) is 0 Å². The fourth-order valence-electron chi connectivity index (χ4n) is 3.30. The molecule has 1 N–H and O–H groups in total. The van der Waals surface area contributed by atoms with Crippen molar-refractivity contribution in [3.05, 3.63) is 58.4 Å². The van der Waals surface area contributed by atoms with Gasteiger partial charge >= 0.3 is 0 Å². The number of nitrogens with zero attached hydrogens (tertiary/aromatic N) is 3. The van der Waals surface area contributed by atoms with Gasteiger partial charge in [0.1, 0.15) is 5.82 Å². The van der Waals surface area contributed by atoms with Gasteiger partial charge in [-0.1, -0.05) is 43.2 Å². The number of aromatic amines is 1. The summed E-state index contributed by atoms with van der Waals surface area (Å²) in [4.78, 5) is 24.4. The van der Waals surface area contributed by atoms with Crippen molar-refractivity contribution in [1.82, 2.24) is 19.5 Å². The number of hydrogen-bond acceptors (Lipinski definition) is 3. The lowest BCUT2D eigenvalue weighted by atomic mass is 10.1. The molecule has 3 aromatic rings. The van der Waals surface area contributed by atoms with Gasteiger partial charge in [-0.2, -0.15) is 0 Å². The first-order valence-corrected chi connectivity index (χ1v) is 7.80. The van der Waals surface area contributed by atoms with Gasteiger partial charge in [-0.25, -0.2) is 9.97 Å². The van der Waals surface area contributed by atoms with Crippen LogP contribution >= 0.6 is 0 Å². The summed E-state index contributed by atoms with van der Waals surface area (Å²) in [6.07, 6.45) is 6.36. The molecule has 0 spiro atoms. The fraction of sp³-hybridized carbons (Fsp3) is 0.353. The molecule has 5 nitrogen and oxygen atoms in total. The van der Waals surface area contributed by atoms with Crippen molar-refractivity contribution in [3.63, 3.8) is 0 Å². The van der Waals surface area contributed by atoms with E-state index in [1.54, 1.807) is 6.33 Å². The van der Waals surface area contributed by atoms with Crippen molar-refractivity contribution >= 4 is 11.2 Å². The number of H-pyrrole nitrogens is 1. The van der Waals surface area contributed by atoms with Crippen LogP contribution in [0.15, 0.2) is 41.5 Å². The largest absolute Gasteiger partial charge is 0.320 e. The highest BCUT2D eigenvalue weighted by Gasteiger charge is 2.21. The minimum Gasteiger partial charge on any atom is -0.320 e. The van der Waals surface area contributed by atoms with Crippen LogP contribution in [0.25, 0.3) is 11.2 Å². The number of rotatable bonds is 3. The van der Waals surface area contributed by atoms with E-state index in [4.69, 9.17) is 0 Å². The smallest absolute Gasteiger partial charge is 0.277 e. The average Bonchev–Trinajstić information content (AvgIpc) is 3.18. The third-order valence-electron chi connectivity index (χ3n) is 4.44. The predicted octanol–water partition coefficient (Wildman–Crippen LogP) is 2.83. The van der Waals surface area contributed by atoms with E-state index in [-0.39, 0.29) is 5.56 Å². The first kappa shape index (κ1) is 13.2. The molecule has 4 rings (SSSR count). The summed E-state index contributed by atoms with van der Waals surface area (Å²) in [7, 11) is 0. The van der Waals surface area contributed by atoms with E-state index in [2.05, 4.69) is 15.0 Å². The van der Waals surface area contributed by atoms with Crippen LogP contribution in [0.1, 0.15) is 43.0 Å². The molecular formula is C17H18N4O. The standard InChI is InChI=1S/C17H18N4O/c22-17-14-16(19-15(20-17)13-8-4-5-9-13)18-11-21(14)10-12-6-2-1-3-7-12/h1-3,6-7,11,13H,4-5,8-10H2,(H,19,20,22). The summed E-state index contributed by atoms with van der Waals surface area (Å²) in [5.41, 5.74) is 2.17. The first-order valence-electron chi connectivity index (χ1n) is 7.80. The van der Waals surface area contributed by atoms with Gasteiger partial charge < -0.3 is 9.55 Å². The number of fused-ring (bicyclic) bond motifs is 1. The molecule has 1 aliphatic carbocycles. The maximum atomic E-state index is 12.5. The Bertz CT molecular complexity index is 844. The van der Waals surface area contributed by atoms with E-state index in [9.17, 15) is 4.79 Å². The highest BCUT2D eigenvalue weighted by molar-refractivity contribution is 5.69. The summed E-state index contributed by atoms with van der Waals surface area (Å²) in [5.74, 6) is 1.19. The molecule has 1 saturated carbocycles. The lowest BCUT2D eigenvalue weighted by Crippen LogP contribution is -2.16. The molecule has 1 fully saturated rings. The van der Waals surface area contributed by atoms with Crippen molar-refractivity contribution < 1.29 is 0 Å². The van der Waals surface area contributed by atoms with Crippen LogP contribution in [0.2, 0.25) is 0 Å². The molecule has 0 unspecified atom stereocenters. The zero-order valence-electron chi connectivity index (χ0n) is 12.3. The SMILES string of the molecule is O=c1[nH]c(C2CCCC2)nc2ncn(Cc3ccccc3)c12. The van der Waals surface area contributed by atoms with Gasteiger partial charge in [0.2, 0.25) is 0 Å². The third-order valence-corrected chi connectivity index (χ3v) is 4.44. The lowest BCUT2D eigenvalue weighted by Gasteiger charge is -2.08. The van der Waals surface area contributed by atoms with Crippen LogP contribution in [0.3, 0.4) is 0 Å². The van der Waals surface area contributed by atoms with Crippen LogP contribution in [0.5, 0.6) is 0 Å². The lowest BCUT2D eigenvalue weighted by molar-refractivity contribution is 0.667. The zero-order chi connectivity index (χ0) is 14.9. The second-order valence-corrected chi connectivity index (χ2v) is 5.96. The van der Waals surface area contributed by atoms with Crippen molar-refractivity contribution in [2.45, 2.75) is 38.1 Å². The van der Waals surface area contributed by atoms with Crippen molar-refractivity contribution in [2.75, 3.05) is 0 Å². The number of hydrogen-bond donors (Lipinski definition) is 1. The molecule has 0 amide bonds. The summed E-state index contributed by atoms with van der Waals surface area (Å²) in [6, 6.07) is 10.1. The van der Waals surface area contributed by atoms with E-state index >= 15 is 0 Å². The maximum absolute atomic E-state index is 12.5. The Morgan fingerprint density at radius 1 is 1.18 bits per heavy atom.